The fraction of sp³-hybridized carbons (Fsp3) is 0.308. The van der Waals surface area contributed by atoms with Gasteiger partial charge in [-0.05, 0) is 39.5 Å². The molecule has 0 aliphatic rings. The van der Waals surface area contributed by atoms with Crippen LogP contribution in [0.2, 0.25) is 0 Å². The van der Waals surface area contributed by atoms with Gasteiger partial charge >= 0.3 is 0 Å². The molecule has 2 aromatic rings. The largest absolute Gasteiger partial charge is 0.496 e. The summed E-state index contributed by atoms with van der Waals surface area (Å²) in [5.41, 5.74) is 8.78. The standard InChI is InChI=1S/C13H16BrN3O/c1-7(2)8-4-5-10(18-3)9(6-8)12-11(14)13(15)17-16-12/h4-7H,1-3H3,(H3,15,16,17). The molecule has 0 fully saturated rings. The number of nitrogens with zero attached hydrogens (tertiary/aromatic N) is 1. The molecule has 0 spiro atoms. The number of hydrogen-bond donors (Lipinski definition) is 2. The zero-order valence-electron chi connectivity index (χ0n) is 10.6. The third-order valence-corrected chi connectivity index (χ3v) is 3.69. The summed E-state index contributed by atoms with van der Waals surface area (Å²) in [4.78, 5) is 0. The maximum Gasteiger partial charge on any atom is 0.160 e. The van der Waals surface area contributed by atoms with E-state index in [2.05, 4.69) is 52.1 Å². The number of nitrogens with two attached hydrogens (primary N) is 1. The third-order valence-electron chi connectivity index (χ3n) is 2.89. The van der Waals surface area contributed by atoms with Gasteiger partial charge in [-0.1, -0.05) is 19.9 Å². The number of nitrogens with one attached hydrogen (secondary N) is 1. The van der Waals surface area contributed by atoms with Crippen molar-refractivity contribution < 1.29 is 4.74 Å². The first-order valence-corrected chi connectivity index (χ1v) is 6.51. The van der Waals surface area contributed by atoms with Crippen molar-refractivity contribution in [3.63, 3.8) is 0 Å². The van der Waals surface area contributed by atoms with Crippen LogP contribution in [0.3, 0.4) is 0 Å². The molecular weight excluding hydrogens is 294 g/mol. The van der Waals surface area contributed by atoms with Crippen LogP contribution in [-0.2, 0) is 0 Å². The van der Waals surface area contributed by atoms with Crippen LogP contribution in [0, 0.1) is 0 Å². The van der Waals surface area contributed by atoms with Crippen molar-refractivity contribution in [2.75, 3.05) is 12.8 Å². The topological polar surface area (TPSA) is 63.9 Å². The predicted octanol–water partition coefficient (Wildman–Crippen LogP) is 3.55. The average molecular weight is 310 g/mol. The van der Waals surface area contributed by atoms with Crippen LogP contribution in [0.5, 0.6) is 5.75 Å². The number of ether oxygens (including phenoxy) is 1. The van der Waals surface area contributed by atoms with E-state index in [4.69, 9.17) is 10.5 Å². The zero-order chi connectivity index (χ0) is 13.3. The summed E-state index contributed by atoms with van der Waals surface area (Å²) in [5, 5.41) is 6.92. The first-order valence-electron chi connectivity index (χ1n) is 5.72. The van der Waals surface area contributed by atoms with Crippen molar-refractivity contribution in [1.82, 2.24) is 10.2 Å². The van der Waals surface area contributed by atoms with Crippen LogP contribution in [0.1, 0.15) is 25.3 Å². The van der Waals surface area contributed by atoms with Gasteiger partial charge in [-0.3, -0.25) is 5.10 Å². The third kappa shape index (κ3) is 2.22. The Morgan fingerprint density at radius 1 is 1.39 bits per heavy atom. The molecule has 3 N–H and O–H groups in total. The monoisotopic (exact) mass is 309 g/mol. The second kappa shape index (κ2) is 5.02. The molecule has 1 heterocycles. The molecule has 0 aliphatic carbocycles. The van der Waals surface area contributed by atoms with Gasteiger partial charge in [0.25, 0.3) is 0 Å². The van der Waals surface area contributed by atoms with Gasteiger partial charge in [0.2, 0.25) is 0 Å². The van der Waals surface area contributed by atoms with E-state index in [1.807, 2.05) is 6.07 Å². The van der Waals surface area contributed by atoms with Gasteiger partial charge in [0, 0.05) is 5.56 Å². The molecule has 0 atom stereocenters. The van der Waals surface area contributed by atoms with Crippen LogP contribution in [0.15, 0.2) is 22.7 Å². The van der Waals surface area contributed by atoms with E-state index >= 15 is 0 Å². The highest BCUT2D eigenvalue weighted by atomic mass is 79.9. The Labute approximate surface area is 115 Å². The van der Waals surface area contributed by atoms with Crippen LogP contribution < -0.4 is 10.5 Å². The van der Waals surface area contributed by atoms with E-state index in [-0.39, 0.29) is 0 Å². The Kier molecular flexibility index (Phi) is 3.61. The van der Waals surface area contributed by atoms with Gasteiger partial charge in [0.15, 0.2) is 5.82 Å². The molecule has 2 rings (SSSR count). The lowest BCUT2D eigenvalue weighted by Crippen LogP contribution is -1.93. The molecule has 0 radical (unpaired) electrons. The molecule has 0 aliphatic heterocycles. The Bertz CT molecular complexity index is 563. The lowest BCUT2D eigenvalue weighted by Gasteiger charge is -2.12. The van der Waals surface area contributed by atoms with Crippen LogP contribution in [0.4, 0.5) is 5.82 Å². The number of aromatic amines is 1. The molecule has 18 heavy (non-hydrogen) atoms. The van der Waals surface area contributed by atoms with Gasteiger partial charge in [-0.15, -0.1) is 0 Å². The van der Waals surface area contributed by atoms with E-state index in [9.17, 15) is 0 Å². The highest BCUT2D eigenvalue weighted by Crippen LogP contribution is 2.37. The predicted molar refractivity (Wildman–Crippen MR) is 76.8 cm³/mol. The quantitative estimate of drug-likeness (QED) is 0.911. The average Bonchev–Trinajstić information content (AvgIpc) is 2.69. The van der Waals surface area contributed by atoms with Crippen molar-refractivity contribution in [2.24, 2.45) is 0 Å². The summed E-state index contributed by atoms with van der Waals surface area (Å²) in [6, 6.07) is 6.13. The minimum absolute atomic E-state index is 0.446. The van der Waals surface area contributed by atoms with Crippen molar-refractivity contribution in [3.05, 3.63) is 28.2 Å². The number of rotatable bonds is 3. The smallest absolute Gasteiger partial charge is 0.160 e. The van der Waals surface area contributed by atoms with Crippen molar-refractivity contribution in [1.29, 1.82) is 0 Å². The maximum atomic E-state index is 5.74. The zero-order valence-corrected chi connectivity index (χ0v) is 12.2. The van der Waals surface area contributed by atoms with Crippen molar-refractivity contribution in [2.45, 2.75) is 19.8 Å². The minimum atomic E-state index is 0.446. The van der Waals surface area contributed by atoms with Gasteiger partial charge in [0.1, 0.15) is 5.75 Å². The summed E-state index contributed by atoms with van der Waals surface area (Å²) < 4.78 is 6.15. The summed E-state index contributed by atoms with van der Waals surface area (Å²) >= 11 is 3.44. The molecule has 5 heteroatoms. The fourth-order valence-corrected chi connectivity index (χ4v) is 2.19. The van der Waals surface area contributed by atoms with E-state index in [0.717, 1.165) is 21.5 Å². The number of halogens is 1. The lowest BCUT2D eigenvalue weighted by molar-refractivity contribution is 0.416. The SMILES string of the molecule is COc1ccc(C(C)C)cc1-c1[nH]nc(N)c1Br. The van der Waals surface area contributed by atoms with E-state index < -0.39 is 0 Å². The number of benzene rings is 1. The summed E-state index contributed by atoms with van der Waals surface area (Å²) in [6.07, 6.45) is 0. The van der Waals surface area contributed by atoms with Gasteiger partial charge in [-0.25, -0.2) is 0 Å². The van der Waals surface area contributed by atoms with Crippen LogP contribution in [-0.4, -0.2) is 17.3 Å². The van der Waals surface area contributed by atoms with Gasteiger partial charge in [0.05, 0.1) is 17.3 Å². The summed E-state index contributed by atoms with van der Waals surface area (Å²) in [5.74, 6) is 1.69. The summed E-state index contributed by atoms with van der Waals surface area (Å²) in [6.45, 7) is 4.31. The number of hydrogen-bond acceptors (Lipinski definition) is 3. The Morgan fingerprint density at radius 2 is 2.11 bits per heavy atom. The molecule has 0 unspecified atom stereocenters. The van der Waals surface area contributed by atoms with Crippen molar-refractivity contribution >= 4 is 21.7 Å². The van der Waals surface area contributed by atoms with E-state index in [1.165, 1.54) is 5.56 Å². The lowest BCUT2D eigenvalue weighted by atomic mass is 9.99. The molecule has 0 bridgehead atoms. The number of nitrogen functional groups attached to an aromatic ring is 1. The number of H-pyrrole nitrogens is 1. The number of methoxy groups -OCH3 is 1. The van der Waals surface area contributed by atoms with Gasteiger partial charge in [-0.2, -0.15) is 5.10 Å². The Morgan fingerprint density at radius 3 is 2.61 bits per heavy atom. The Balaban J connectivity index is 2.60. The minimum Gasteiger partial charge on any atom is -0.496 e. The Hall–Kier alpha value is -1.49. The number of aromatic nitrogens is 2. The second-order valence-electron chi connectivity index (χ2n) is 4.41. The van der Waals surface area contributed by atoms with Gasteiger partial charge < -0.3 is 10.5 Å². The summed E-state index contributed by atoms with van der Waals surface area (Å²) in [7, 11) is 1.65. The highest BCUT2D eigenvalue weighted by molar-refractivity contribution is 9.10. The molecule has 0 amide bonds. The maximum absolute atomic E-state index is 5.74. The van der Waals surface area contributed by atoms with Crippen molar-refractivity contribution in [3.8, 4) is 17.0 Å². The van der Waals surface area contributed by atoms with E-state index in [0.29, 0.717) is 11.7 Å². The second-order valence-corrected chi connectivity index (χ2v) is 5.21. The van der Waals surface area contributed by atoms with E-state index in [1.54, 1.807) is 7.11 Å². The first kappa shape index (κ1) is 13.0. The molecule has 0 saturated carbocycles. The number of anilines is 1. The van der Waals surface area contributed by atoms with Crippen LogP contribution in [0.25, 0.3) is 11.3 Å². The highest BCUT2D eigenvalue weighted by Gasteiger charge is 2.15. The fourth-order valence-electron chi connectivity index (χ4n) is 1.80. The normalized spacial score (nSPS) is 10.9. The first-order chi connectivity index (χ1) is 8.54. The van der Waals surface area contributed by atoms with Crippen LogP contribution >= 0.6 is 15.9 Å². The molecule has 4 nitrogen and oxygen atoms in total. The molecular formula is C13H16BrN3O. The molecule has 1 aromatic heterocycles. The molecule has 1 aromatic carbocycles. The molecule has 0 saturated heterocycles. The molecule has 96 valence electrons.